The number of carbonyl (C=O) groups excluding carboxylic acids is 1. The summed E-state index contributed by atoms with van der Waals surface area (Å²) in [6.45, 7) is 2.38. The lowest BCUT2D eigenvalue weighted by Gasteiger charge is -2.28. The van der Waals surface area contributed by atoms with Crippen molar-refractivity contribution < 1.29 is 13.2 Å². The molecule has 9 heteroatoms. The van der Waals surface area contributed by atoms with Crippen LogP contribution >= 0.6 is 24.0 Å². The molecule has 0 saturated carbocycles. The van der Waals surface area contributed by atoms with Crippen LogP contribution in [0.25, 0.3) is 0 Å². The molecule has 3 N–H and O–H groups in total. The van der Waals surface area contributed by atoms with Crippen LogP contribution in [0.2, 0.25) is 5.02 Å². The van der Waals surface area contributed by atoms with Gasteiger partial charge in [0.05, 0.1) is 17.8 Å². The summed E-state index contributed by atoms with van der Waals surface area (Å²) in [7, 11) is -3.13. The maximum Gasteiger partial charge on any atom is 0.237 e. The third kappa shape index (κ3) is 7.40. The second-order valence-electron chi connectivity index (χ2n) is 6.58. The second-order valence-corrected chi connectivity index (χ2v) is 9.28. The quantitative estimate of drug-likeness (QED) is 0.664. The first-order valence-electron chi connectivity index (χ1n) is 8.47. The van der Waals surface area contributed by atoms with Gasteiger partial charge in [-0.3, -0.25) is 9.69 Å². The maximum atomic E-state index is 12.2. The minimum absolute atomic E-state index is 0. The van der Waals surface area contributed by atoms with E-state index in [2.05, 4.69) is 10.2 Å². The fourth-order valence-electron chi connectivity index (χ4n) is 3.03. The van der Waals surface area contributed by atoms with E-state index in [1.165, 1.54) is 0 Å². The molecule has 0 aromatic heterocycles. The van der Waals surface area contributed by atoms with Crippen LogP contribution in [0.1, 0.15) is 30.9 Å². The minimum Gasteiger partial charge on any atom is -0.353 e. The predicted molar refractivity (Wildman–Crippen MR) is 108 cm³/mol. The Balaban J connectivity index is 0.00000338. The molecule has 1 aliphatic heterocycles. The Morgan fingerprint density at radius 2 is 2.00 bits per heavy atom. The molecule has 26 heavy (non-hydrogen) atoms. The first-order chi connectivity index (χ1) is 11.8. The number of halogens is 2. The van der Waals surface area contributed by atoms with E-state index in [9.17, 15) is 13.2 Å². The van der Waals surface area contributed by atoms with Gasteiger partial charge in [0.2, 0.25) is 5.91 Å². The highest BCUT2D eigenvalue weighted by molar-refractivity contribution is 7.90. The molecule has 148 valence electrons. The van der Waals surface area contributed by atoms with Crippen molar-refractivity contribution >= 4 is 39.8 Å². The van der Waals surface area contributed by atoms with E-state index in [1.807, 2.05) is 24.3 Å². The third-order valence-electron chi connectivity index (χ3n) is 4.42. The first-order valence-corrected chi connectivity index (χ1v) is 10.9. The molecule has 0 spiro atoms. The number of carbonyl (C=O) groups is 1. The summed E-state index contributed by atoms with van der Waals surface area (Å²) in [5, 5.41) is 3.53. The zero-order chi connectivity index (χ0) is 18.4. The summed E-state index contributed by atoms with van der Waals surface area (Å²) in [6, 6.07) is 6.86. The number of nitrogens with one attached hydrogen (secondary N) is 1. The fraction of sp³-hybridized carbons (Fsp3) is 0.588. The van der Waals surface area contributed by atoms with E-state index in [1.54, 1.807) is 0 Å². The van der Waals surface area contributed by atoms with Gasteiger partial charge in [-0.1, -0.05) is 23.7 Å². The van der Waals surface area contributed by atoms with Crippen LogP contribution in [0.5, 0.6) is 0 Å². The van der Waals surface area contributed by atoms with E-state index in [4.69, 9.17) is 17.3 Å². The molecule has 1 heterocycles. The lowest BCUT2D eigenvalue weighted by Crippen LogP contribution is -2.45. The molecular formula is C17H27Cl2N3O3S. The van der Waals surface area contributed by atoms with E-state index in [-0.39, 0.29) is 36.5 Å². The molecule has 0 radical (unpaired) electrons. The summed E-state index contributed by atoms with van der Waals surface area (Å²) >= 11 is 6.11. The van der Waals surface area contributed by atoms with Crippen molar-refractivity contribution in [2.75, 3.05) is 31.6 Å². The molecular weight excluding hydrogens is 397 g/mol. The molecule has 1 fully saturated rings. The summed E-state index contributed by atoms with van der Waals surface area (Å²) in [4.78, 5) is 14.5. The number of sulfone groups is 1. The van der Waals surface area contributed by atoms with Crippen LogP contribution in [0.3, 0.4) is 0 Å². The average Bonchev–Trinajstić information content (AvgIpc) is 3.06. The molecule has 1 aromatic carbocycles. The smallest absolute Gasteiger partial charge is 0.237 e. The predicted octanol–water partition coefficient (Wildman–Crippen LogP) is 1.78. The van der Waals surface area contributed by atoms with E-state index in [0.717, 1.165) is 37.8 Å². The Hall–Kier alpha value is -0.860. The first kappa shape index (κ1) is 23.2. The van der Waals surface area contributed by atoms with E-state index < -0.39 is 15.9 Å². The lowest BCUT2D eigenvalue weighted by molar-refractivity contribution is -0.122. The molecule has 1 amide bonds. The van der Waals surface area contributed by atoms with Gasteiger partial charge in [-0.05, 0) is 50.0 Å². The van der Waals surface area contributed by atoms with Crippen LogP contribution in [0, 0.1) is 0 Å². The number of rotatable bonds is 8. The van der Waals surface area contributed by atoms with Crippen LogP contribution in [-0.2, 0) is 14.6 Å². The van der Waals surface area contributed by atoms with Gasteiger partial charge in [-0.25, -0.2) is 8.42 Å². The molecule has 2 rings (SSSR count). The number of nitrogens with two attached hydrogens (primary N) is 1. The average molecular weight is 424 g/mol. The standard InChI is InChI=1S/C17H26ClN3O3S.ClH/c1-25(23,24)10-7-15(19)17(22)20-12-16(21-8-2-3-9-21)13-5-4-6-14(18)11-13;/h4-6,11,15-16H,2-3,7-10,12,19H2,1H3,(H,20,22);1H. The molecule has 6 nitrogen and oxygen atoms in total. The summed E-state index contributed by atoms with van der Waals surface area (Å²) in [5.41, 5.74) is 6.87. The molecule has 0 aliphatic carbocycles. The summed E-state index contributed by atoms with van der Waals surface area (Å²) < 4.78 is 22.4. The van der Waals surface area contributed by atoms with Gasteiger partial charge in [0.25, 0.3) is 0 Å². The molecule has 2 unspecified atom stereocenters. The van der Waals surface area contributed by atoms with Gasteiger partial charge < -0.3 is 11.1 Å². The maximum absolute atomic E-state index is 12.2. The molecule has 2 atom stereocenters. The largest absolute Gasteiger partial charge is 0.353 e. The van der Waals surface area contributed by atoms with Crippen molar-refractivity contribution in [1.82, 2.24) is 10.2 Å². The number of hydrogen-bond acceptors (Lipinski definition) is 5. The zero-order valence-electron chi connectivity index (χ0n) is 14.9. The van der Waals surface area contributed by atoms with E-state index in [0.29, 0.717) is 11.6 Å². The van der Waals surface area contributed by atoms with Gasteiger partial charge in [-0.2, -0.15) is 0 Å². The van der Waals surface area contributed by atoms with Crippen LogP contribution in [-0.4, -0.2) is 56.9 Å². The highest BCUT2D eigenvalue weighted by atomic mass is 35.5. The van der Waals surface area contributed by atoms with Crippen molar-refractivity contribution in [2.45, 2.75) is 31.3 Å². The van der Waals surface area contributed by atoms with Crippen molar-refractivity contribution in [3.63, 3.8) is 0 Å². The summed E-state index contributed by atoms with van der Waals surface area (Å²) in [6.07, 6.45) is 3.54. The monoisotopic (exact) mass is 423 g/mol. The number of amides is 1. The minimum atomic E-state index is -3.13. The highest BCUT2D eigenvalue weighted by Gasteiger charge is 2.25. The normalized spacial score (nSPS) is 17.3. The van der Waals surface area contributed by atoms with E-state index >= 15 is 0 Å². The number of benzene rings is 1. The van der Waals surface area contributed by atoms with Crippen LogP contribution in [0.15, 0.2) is 24.3 Å². The van der Waals surface area contributed by atoms with Crippen molar-refractivity contribution in [1.29, 1.82) is 0 Å². The SMILES string of the molecule is CS(=O)(=O)CCC(N)C(=O)NCC(c1cccc(Cl)c1)N1CCCC1.Cl. The Labute approximate surface area is 166 Å². The molecule has 1 saturated heterocycles. The lowest BCUT2D eigenvalue weighted by atomic mass is 10.1. The second kappa shape index (κ2) is 10.5. The van der Waals surface area contributed by atoms with Crippen molar-refractivity contribution in [2.24, 2.45) is 5.73 Å². The van der Waals surface area contributed by atoms with Crippen LogP contribution in [0.4, 0.5) is 0 Å². The number of nitrogens with zero attached hydrogens (tertiary/aromatic N) is 1. The molecule has 1 aromatic rings. The third-order valence-corrected chi connectivity index (χ3v) is 5.63. The van der Waals surface area contributed by atoms with Crippen molar-refractivity contribution in [3.8, 4) is 0 Å². The van der Waals surface area contributed by atoms with Gasteiger partial charge in [0, 0.05) is 17.8 Å². The molecule has 0 bridgehead atoms. The Bertz CT molecular complexity index is 694. The van der Waals surface area contributed by atoms with Crippen molar-refractivity contribution in [3.05, 3.63) is 34.9 Å². The highest BCUT2D eigenvalue weighted by Crippen LogP contribution is 2.26. The Morgan fingerprint density at radius 3 is 2.58 bits per heavy atom. The fourth-order valence-corrected chi connectivity index (χ4v) is 3.91. The number of hydrogen-bond donors (Lipinski definition) is 2. The topological polar surface area (TPSA) is 92.5 Å². The Morgan fingerprint density at radius 1 is 1.35 bits per heavy atom. The number of likely N-dealkylation sites (tertiary alicyclic amines) is 1. The summed E-state index contributed by atoms with van der Waals surface area (Å²) in [5.74, 6) is -0.416. The van der Waals surface area contributed by atoms with Crippen LogP contribution < -0.4 is 11.1 Å². The zero-order valence-corrected chi connectivity index (χ0v) is 17.2. The van der Waals surface area contributed by atoms with Gasteiger partial charge in [-0.15, -0.1) is 12.4 Å². The van der Waals surface area contributed by atoms with Gasteiger partial charge in [0.15, 0.2) is 0 Å². The molecule has 1 aliphatic rings. The Kier molecular flexibility index (Phi) is 9.33. The van der Waals surface area contributed by atoms with Gasteiger partial charge >= 0.3 is 0 Å². The van der Waals surface area contributed by atoms with Gasteiger partial charge in [0.1, 0.15) is 9.84 Å².